The van der Waals surface area contributed by atoms with Crippen molar-refractivity contribution in [2.45, 2.75) is 18.6 Å². The van der Waals surface area contributed by atoms with Gasteiger partial charge in [0.25, 0.3) is 0 Å². The van der Waals surface area contributed by atoms with Crippen LogP contribution >= 0.6 is 0 Å². The first kappa shape index (κ1) is 14.5. The Morgan fingerprint density at radius 3 is 2.65 bits per heavy atom. The molecule has 0 aliphatic rings. The zero-order valence-corrected chi connectivity index (χ0v) is 11.9. The number of rotatable bonds is 7. The molecule has 0 atom stereocenters. The fourth-order valence-corrected chi connectivity index (χ4v) is 2.99. The van der Waals surface area contributed by atoms with Gasteiger partial charge in [0.15, 0.2) is 0 Å². The molecule has 0 saturated heterocycles. The molecular formula is C13H18N4O2S. The first-order chi connectivity index (χ1) is 9.55. The maximum atomic E-state index is 11.9. The zero-order valence-electron chi connectivity index (χ0n) is 11.0. The van der Waals surface area contributed by atoms with Crippen LogP contribution in [-0.4, -0.2) is 24.9 Å². The number of aryl methyl sites for hydroxylation is 1. The monoisotopic (exact) mass is 294 g/mol. The molecule has 0 unspecified atom stereocenters. The summed E-state index contributed by atoms with van der Waals surface area (Å²) in [4.78, 5) is 7.06. The highest BCUT2D eigenvalue weighted by Gasteiger charge is 2.10. The quantitative estimate of drug-likeness (QED) is 0.524. The number of imidazole rings is 1. The van der Waals surface area contributed by atoms with E-state index in [2.05, 4.69) is 14.7 Å². The number of aromatic nitrogens is 2. The number of nitrogen functional groups attached to an aromatic ring is 1. The van der Waals surface area contributed by atoms with Crippen molar-refractivity contribution >= 4 is 15.7 Å². The number of nitrogens with two attached hydrogens (primary N) is 1. The summed E-state index contributed by atoms with van der Waals surface area (Å²) in [7, 11) is -3.31. The third-order valence-corrected chi connectivity index (χ3v) is 4.16. The van der Waals surface area contributed by atoms with Gasteiger partial charge in [-0.05, 0) is 24.1 Å². The third-order valence-electron chi connectivity index (χ3n) is 2.80. The van der Waals surface area contributed by atoms with Gasteiger partial charge in [0.05, 0.1) is 5.75 Å². The minimum absolute atomic E-state index is 0.0337. The molecule has 0 saturated carbocycles. The fourth-order valence-electron chi connectivity index (χ4n) is 1.80. The molecule has 108 valence electrons. The predicted octanol–water partition coefficient (Wildman–Crippen LogP) is 1.04. The highest BCUT2D eigenvalue weighted by Crippen LogP contribution is 2.08. The van der Waals surface area contributed by atoms with Crippen LogP contribution in [0.4, 0.5) is 5.69 Å². The van der Waals surface area contributed by atoms with Crippen LogP contribution in [-0.2, 0) is 22.2 Å². The Kier molecular flexibility index (Phi) is 4.75. The molecule has 0 amide bonds. The molecule has 0 radical (unpaired) electrons. The predicted molar refractivity (Wildman–Crippen MR) is 78.4 cm³/mol. The van der Waals surface area contributed by atoms with Gasteiger partial charge in [-0.2, -0.15) is 0 Å². The Balaban J connectivity index is 1.77. The second kappa shape index (κ2) is 6.53. The van der Waals surface area contributed by atoms with Crippen molar-refractivity contribution in [1.29, 1.82) is 0 Å². The van der Waals surface area contributed by atoms with E-state index in [1.165, 1.54) is 0 Å². The Morgan fingerprint density at radius 1 is 1.25 bits per heavy atom. The molecule has 1 aromatic heterocycles. The number of hydrogen-bond donors (Lipinski definition) is 3. The molecule has 2 rings (SSSR count). The van der Waals surface area contributed by atoms with Crippen LogP contribution in [0.15, 0.2) is 36.7 Å². The smallest absolute Gasteiger partial charge is 0.215 e. The minimum atomic E-state index is -3.31. The summed E-state index contributed by atoms with van der Waals surface area (Å²) < 4.78 is 26.3. The van der Waals surface area contributed by atoms with Crippen molar-refractivity contribution in [2.24, 2.45) is 0 Å². The van der Waals surface area contributed by atoms with Crippen molar-refractivity contribution in [3.05, 3.63) is 48.0 Å². The molecule has 2 aromatic rings. The lowest BCUT2D eigenvalue weighted by atomic mass is 10.2. The van der Waals surface area contributed by atoms with E-state index >= 15 is 0 Å². The van der Waals surface area contributed by atoms with Gasteiger partial charge in [-0.15, -0.1) is 0 Å². The maximum absolute atomic E-state index is 11.9. The number of sulfonamides is 1. The van der Waals surface area contributed by atoms with Gasteiger partial charge in [0.1, 0.15) is 5.82 Å². The summed E-state index contributed by atoms with van der Waals surface area (Å²) in [6.45, 7) is 0.401. The Labute approximate surface area is 118 Å². The van der Waals surface area contributed by atoms with Crippen molar-refractivity contribution in [2.75, 3.05) is 12.3 Å². The maximum Gasteiger partial charge on any atom is 0.215 e. The molecule has 0 spiro atoms. The van der Waals surface area contributed by atoms with Crippen molar-refractivity contribution < 1.29 is 8.42 Å². The molecule has 0 aliphatic heterocycles. The van der Waals surface area contributed by atoms with Crippen LogP contribution in [0, 0.1) is 0 Å². The highest BCUT2D eigenvalue weighted by molar-refractivity contribution is 7.88. The van der Waals surface area contributed by atoms with Gasteiger partial charge in [0.2, 0.25) is 10.0 Å². The SMILES string of the molecule is Nc1ccc(CS(=O)(=O)NCCCc2ncc[nH]2)cc1. The zero-order chi connectivity index (χ0) is 14.4. The average Bonchev–Trinajstić information content (AvgIpc) is 2.90. The van der Waals surface area contributed by atoms with Gasteiger partial charge in [-0.3, -0.25) is 0 Å². The topological polar surface area (TPSA) is 101 Å². The largest absolute Gasteiger partial charge is 0.399 e. The fraction of sp³-hybridized carbons (Fsp3) is 0.308. The molecule has 1 aromatic carbocycles. The molecule has 7 heteroatoms. The lowest BCUT2D eigenvalue weighted by Crippen LogP contribution is -2.26. The van der Waals surface area contributed by atoms with E-state index in [4.69, 9.17) is 5.73 Å². The first-order valence-corrected chi connectivity index (χ1v) is 8.00. The molecule has 1 heterocycles. The number of hydrogen-bond acceptors (Lipinski definition) is 4. The van der Waals surface area contributed by atoms with Gasteiger partial charge in [0, 0.05) is 31.0 Å². The summed E-state index contributed by atoms with van der Waals surface area (Å²) in [5.74, 6) is 0.830. The number of H-pyrrole nitrogens is 1. The Bertz CT molecular complexity index is 621. The van der Waals surface area contributed by atoms with Crippen LogP contribution in [0.5, 0.6) is 0 Å². The normalized spacial score (nSPS) is 11.6. The molecule has 0 bridgehead atoms. The number of aromatic amines is 1. The number of anilines is 1. The minimum Gasteiger partial charge on any atom is -0.399 e. The van der Waals surface area contributed by atoms with Crippen LogP contribution in [0.25, 0.3) is 0 Å². The van der Waals surface area contributed by atoms with Crippen LogP contribution in [0.3, 0.4) is 0 Å². The van der Waals surface area contributed by atoms with E-state index in [0.717, 1.165) is 17.8 Å². The van der Waals surface area contributed by atoms with Crippen LogP contribution in [0.2, 0.25) is 0 Å². The number of nitrogens with zero attached hydrogens (tertiary/aromatic N) is 1. The molecule has 6 nitrogen and oxygen atoms in total. The van der Waals surface area contributed by atoms with Gasteiger partial charge in [-0.25, -0.2) is 18.1 Å². The van der Waals surface area contributed by atoms with E-state index < -0.39 is 10.0 Å². The van der Waals surface area contributed by atoms with Gasteiger partial charge >= 0.3 is 0 Å². The lowest BCUT2D eigenvalue weighted by Gasteiger charge is -2.06. The molecule has 4 N–H and O–H groups in total. The van der Waals surface area contributed by atoms with Crippen molar-refractivity contribution in [1.82, 2.24) is 14.7 Å². The van der Waals surface area contributed by atoms with Gasteiger partial charge in [-0.1, -0.05) is 12.1 Å². The van der Waals surface area contributed by atoms with E-state index in [0.29, 0.717) is 18.7 Å². The standard InChI is InChI=1S/C13H18N4O2S/c14-12-5-3-11(4-6-12)10-20(18,19)17-7-1-2-13-15-8-9-16-13/h3-6,8-9,17H,1-2,7,10,14H2,(H,15,16). The van der Waals surface area contributed by atoms with Crippen LogP contribution < -0.4 is 10.5 Å². The van der Waals surface area contributed by atoms with Crippen LogP contribution in [0.1, 0.15) is 17.8 Å². The van der Waals surface area contributed by atoms with E-state index in [1.807, 2.05) is 0 Å². The molecule has 20 heavy (non-hydrogen) atoms. The highest BCUT2D eigenvalue weighted by atomic mass is 32.2. The van der Waals surface area contributed by atoms with E-state index in [1.54, 1.807) is 36.7 Å². The first-order valence-electron chi connectivity index (χ1n) is 6.35. The summed E-state index contributed by atoms with van der Waals surface area (Å²) in [6.07, 6.45) is 4.85. The number of benzene rings is 1. The van der Waals surface area contributed by atoms with Gasteiger partial charge < -0.3 is 10.7 Å². The second-order valence-corrected chi connectivity index (χ2v) is 6.34. The van der Waals surface area contributed by atoms with E-state index in [-0.39, 0.29) is 5.75 Å². The van der Waals surface area contributed by atoms with Crippen molar-refractivity contribution in [3.8, 4) is 0 Å². The summed E-state index contributed by atoms with van der Waals surface area (Å²) in [6, 6.07) is 6.83. The van der Waals surface area contributed by atoms with E-state index in [9.17, 15) is 8.42 Å². The Hall–Kier alpha value is -1.86. The number of nitrogens with one attached hydrogen (secondary N) is 2. The molecular weight excluding hydrogens is 276 g/mol. The third kappa shape index (κ3) is 4.67. The summed E-state index contributed by atoms with van der Waals surface area (Å²) in [5, 5.41) is 0. The lowest BCUT2D eigenvalue weighted by molar-refractivity contribution is 0.577. The summed E-state index contributed by atoms with van der Waals surface area (Å²) in [5.41, 5.74) is 6.90. The second-order valence-electron chi connectivity index (χ2n) is 4.53. The molecule has 0 aliphatic carbocycles. The Morgan fingerprint density at radius 2 is 2.00 bits per heavy atom. The van der Waals surface area contributed by atoms with Crippen molar-refractivity contribution in [3.63, 3.8) is 0 Å². The molecule has 0 fully saturated rings. The summed E-state index contributed by atoms with van der Waals surface area (Å²) >= 11 is 0. The average molecular weight is 294 g/mol.